The molecule has 1 N–H and O–H groups in total. The van der Waals surface area contributed by atoms with Crippen molar-refractivity contribution in [1.29, 1.82) is 0 Å². The molecule has 0 bridgehead atoms. The normalized spacial score (nSPS) is 16.5. The van der Waals surface area contributed by atoms with Gasteiger partial charge < -0.3 is 19.7 Å². The number of likely N-dealkylation sites (tertiary alicyclic amines) is 1. The molecule has 3 aromatic rings. The van der Waals surface area contributed by atoms with Crippen LogP contribution in [-0.4, -0.2) is 53.5 Å². The summed E-state index contributed by atoms with van der Waals surface area (Å²) in [5.41, 5.74) is 5.40. The van der Waals surface area contributed by atoms with Crippen LogP contribution in [0.2, 0.25) is 0 Å². The summed E-state index contributed by atoms with van der Waals surface area (Å²) in [5.74, 6) is -0.0278. The van der Waals surface area contributed by atoms with Crippen LogP contribution in [0.5, 0.6) is 0 Å². The molecule has 0 spiro atoms. The Morgan fingerprint density at radius 2 is 1.84 bits per heavy atom. The van der Waals surface area contributed by atoms with Gasteiger partial charge in [-0.1, -0.05) is 18.2 Å². The van der Waals surface area contributed by atoms with Crippen molar-refractivity contribution in [1.82, 2.24) is 14.4 Å². The van der Waals surface area contributed by atoms with Gasteiger partial charge in [0, 0.05) is 55.2 Å². The first-order valence-corrected chi connectivity index (χ1v) is 11.0. The molecule has 1 atom stereocenters. The molecule has 0 radical (unpaired) electrons. The minimum Gasteiger partial charge on any atom is -0.349 e. The summed E-state index contributed by atoms with van der Waals surface area (Å²) in [5, 5.41) is 5.55. The van der Waals surface area contributed by atoms with Crippen LogP contribution in [0.3, 0.4) is 0 Å². The molecule has 6 nitrogen and oxygen atoms in total. The molecular formula is C25H32N4O2. The lowest BCUT2D eigenvalue weighted by molar-refractivity contribution is -0.132. The van der Waals surface area contributed by atoms with Crippen LogP contribution in [0.4, 0.5) is 10.5 Å². The highest BCUT2D eigenvalue weighted by molar-refractivity contribution is 6.12. The quantitative estimate of drug-likeness (QED) is 0.653. The molecule has 1 unspecified atom stereocenters. The molecule has 31 heavy (non-hydrogen) atoms. The fourth-order valence-electron chi connectivity index (χ4n) is 4.96. The Balaban J connectivity index is 1.70. The topological polar surface area (TPSA) is 57.6 Å². The lowest BCUT2D eigenvalue weighted by Gasteiger charge is -2.21. The number of carbonyl (C=O) groups is 2. The Bertz CT molecular complexity index is 1180. The summed E-state index contributed by atoms with van der Waals surface area (Å²) in [6.07, 6.45) is 0.712. The maximum atomic E-state index is 13.1. The molecule has 164 valence electrons. The van der Waals surface area contributed by atoms with Gasteiger partial charge in [0.25, 0.3) is 0 Å². The summed E-state index contributed by atoms with van der Waals surface area (Å²) in [6.45, 7) is 9.60. The van der Waals surface area contributed by atoms with E-state index in [1.54, 1.807) is 23.9 Å². The van der Waals surface area contributed by atoms with E-state index in [0.717, 1.165) is 16.8 Å². The molecule has 1 saturated heterocycles. The number of hydrogen-bond acceptors (Lipinski definition) is 2. The average molecular weight is 421 g/mol. The highest BCUT2D eigenvalue weighted by Crippen LogP contribution is 2.38. The van der Waals surface area contributed by atoms with E-state index >= 15 is 0 Å². The number of carbonyl (C=O) groups excluding carboxylic acids is 2. The van der Waals surface area contributed by atoms with Gasteiger partial charge in [-0.15, -0.1) is 0 Å². The van der Waals surface area contributed by atoms with Gasteiger partial charge in [0.1, 0.15) is 0 Å². The number of aromatic nitrogens is 1. The highest BCUT2D eigenvalue weighted by atomic mass is 16.2. The first-order chi connectivity index (χ1) is 14.7. The molecule has 6 heteroatoms. The van der Waals surface area contributed by atoms with E-state index in [9.17, 15) is 9.59 Å². The Morgan fingerprint density at radius 3 is 2.52 bits per heavy atom. The van der Waals surface area contributed by atoms with Gasteiger partial charge in [-0.05, 0) is 57.4 Å². The highest BCUT2D eigenvalue weighted by Gasteiger charge is 2.32. The number of anilines is 1. The summed E-state index contributed by atoms with van der Waals surface area (Å²) >= 11 is 0. The molecule has 2 aromatic carbocycles. The summed E-state index contributed by atoms with van der Waals surface area (Å²) in [7, 11) is 3.53. The third-order valence-corrected chi connectivity index (χ3v) is 6.46. The van der Waals surface area contributed by atoms with Crippen molar-refractivity contribution in [2.24, 2.45) is 5.92 Å². The number of urea groups is 1. The van der Waals surface area contributed by atoms with Gasteiger partial charge in [-0.25, -0.2) is 4.79 Å². The molecule has 1 fully saturated rings. The van der Waals surface area contributed by atoms with E-state index in [-0.39, 0.29) is 17.9 Å². The number of fused-ring (bicyclic) bond motifs is 3. The van der Waals surface area contributed by atoms with Crippen molar-refractivity contribution < 1.29 is 9.59 Å². The van der Waals surface area contributed by atoms with Gasteiger partial charge in [0.15, 0.2) is 0 Å². The minimum atomic E-state index is -0.132. The monoisotopic (exact) mass is 420 g/mol. The van der Waals surface area contributed by atoms with Crippen molar-refractivity contribution in [2.45, 2.75) is 40.2 Å². The van der Waals surface area contributed by atoms with Crippen molar-refractivity contribution in [3.8, 4) is 0 Å². The number of hydrogen-bond donors (Lipinski definition) is 1. The van der Waals surface area contributed by atoms with E-state index < -0.39 is 0 Å². The van der Waals surface area contributed by atoms with Crippen LogP contribution in [0.15, 0.2) is 30.3 Å². The second-order valence-corrected chi connectivity index (χ2v) is 9.16. The van der Waals surface area contributed by atoms with Crippen LogP contribution < -0.4 is 5.32 Å². The fourth-order valence-corrected chi connectivity index (χ4v) is 4.96. The molecule has 2 heterocycles. The zero-order valence-corrected chi connectivity index (χ0v) is 19.3. The second-order valence-electron chi connectivity index (χ2n) is 9.16. The smallest absolute Gasteiger partial charge is 0.321 e. The Morgan fingerprint density at radius 1 is 1.13 bits per heavy atom. The van der Waals surface area contributed by atoms with Crippen molar-refractivity contribution in [3.05, 3.63) is 41.5 Å². The van der Waals surface area contributed by atoms with Crippen LogP contribution in [-0.2, 0) is 4.79 Å². The predicted octanol–water partition coefficient (Wildman–Crippen LogP) is 4.93. The van der Waals surface area contributed by atoms with Crippen molar-refractivity contribution in [2.75, 3.05) is 32.5 Å². The fraction of sp³-hybridized carbons (Fsp3) is 0.440. The zero-order valence-electron chi connectivity index (χ0n) is 19.3. The van der Waals surface area contributed by atoms with Crippen LogP contribution in [0.1, 0.15) is 37.4 Å². The SMILES string of the molecule is Cc1cc2c(c(C)c1NC(=O)N1CCC(C(=O)N(C)C)C1)c1ccccc1n2C(C)C. The summed E-state index contributed by atoms with van der Waals surface area (Å²) in [4.78, 5) is 28.7. The molecule has 0 aliphatic carbocycles. The first kappa shape index (κ1) is 21.2. The Labute approximate surface area is 183 Å². The zero-order chi connectivity index (χ0) is 22.4. The van der Waals surface area contributed by atoms with Gasteiger partial charge in [0.2, 0.25) is 5.91 Å². The third-order valence-electron chi connectivity index (χ3n) is 6.46. The standard InChI is InChI=1S/C25H32N4O2/c1-15(2)29-20-10-8-7-9-19(20)22-17(4)23(16(3)13-21(22)29)26-25(31)28-12-11-18(14-28)24(30)27(5)6/h7-10,13,15,18H,11-12,14H2,1-6H3,(H,26,31). The van der Waals surface area contributed by atoms with Gasteiger partial charge in [-0.3, -0.25) is 4.79 Å². The molecule has 1 aromatic heterocycles. The van der Waals surface area contributed by atoms with Gasteiger partial charge in [-0.2, -0.15) is 0 Å². The Kier molecular flexibility index (Phi) is 5.42. The molecule has 1 aliphatic rings. The van der Waals surface area contributed by atoms with Gasteiger partial charge in [0.05, 0.1) is 11.4 Å². The lowest BCUT2D eigenvalue weighted by Crippen LogP contribution is -2.36. The van der Waals surface area contributed by atoms with Gasteiger partial charge >= 0.3 is 6.03 Å². The maximum absolute atomic E-state index is 13.1. The number of nitrogens with zero attached hydrogens (tertiary/aromatic N) is 3. The van der Waals surface area contributed by atoms with E-state index in [4.69, 9.17) is 0 Å². The maximum Gasteiger partial charge on any atom is 0.321 e. The van der Waals surface area contributed by atoms with Crippen molar-refractivity contribution >= 4 is 39.4 Å². The van der Waals surface area contributed by atoms with Crippen LogP contribution >= 0.6 is 0 Å². The van der Waals surface area contributed by atoms with E-state index in [2.05, 4.69) is 61.0 Å². The third kappa shape index (κ3) is 3.54. The number of benzene rings is 2. The molecule has 1 aliphatic heterocycles. The summed E-state index contributed by atoms with van der Waals surface area (Å²) in [6, 6.07) is 10.8. The number of aryl methyl sites for hydroxylation is 2. The molecule has 3 amide bonds. The Hall–Kier alpha value is -3.02. The lowest BCUT2D eigenvalue weighted by atomic mass is 10.0. The number of para-hydroxylation sites is 1. The minimum absolute atomic E-state index is 0.0885. The first-order valence-electron chi connectivity index (χ1n) is 11.0. The molecule has 4 rings (SSSR count). The van der Waals surface area contributed by atoms with E-state index in [1.165, 1.54) is 21.8 Å². The molecule has 0 saturated carbocycles. The van der Waals surface area contributed by atoms with E-state index in [0.29, 0.717) is 25.6 Å². The average Bonchev–Trinajstić information content (AvgIpc) is 3.33. The van der Waals surface area contributed by atoms with Crippen LogP contribution in [0, 0.1) is 19.8 Å². The summed E-state index contributed by atoms with van der Waals surface area (Å²) < 4.78 is 2.37. The van der Waals surface area contributed by atoms with Crippen LogP contribution in [0.25, 0.3) is 21.8 Å². The number of rotatable bonds is 3. The van der Waals surface area contributed by atoms with E-state index in [1.807, 2.05) is 6.92 Å². The van der Waals surface area contributed by atoms with Crippen molar-refractivity contribution in [3.63, 3.8) is 0 Å². The number of nitrogens with one attached hydrogen (secondary N) is 1. The molecular weight excluding hydrogens is 388 g/mol. The predicted molar refractivity (Wildman–Crippen MR) is 127 cm³/mol. The largest absolute Gasteiger partial charge is 0.349 e. The number of amides is 3. The second kappa shape index (κ2) is 7.91.